The number of aromatic nitrogens is 1. The number of carbonyl (C=O) groups is 1. The van der Waals surface area contributed by atoms with Gasteiger partial charge in [-0.15, -0.1) is 6.42 Å². The van der Waals surface area contributed by atoms with E-state index in [2.05, 4.69) is 15.6 Å². The molecule has 1 aromatic heterocycles. The fourth-order valence-electron chi connectivity index (χ4n) is 1.18. The molecule has 1 rings (SSSR count). The van der Waals surface area contributed by atoms with E-state index in [1.807, 2.05) is 13.8 Å². The number of hydrogen-bond acceptors (Lipinski definition) is 3. The average molecular weight is 238 g/mol. The quantitative estimate of drug-likeness (QED) is 0.586. The molecule has 16 heavy (non-hydrogen) atoms. The van der Waals surface area contributed by atoms with Crippen LogP contribution in [0.1, 0.15) is 41.5 Å². The maximum atomic E-state index is 11.4. The molecule has 0 saturated carbocycles. The molecular formula is C12H12ClNO2. The minimum Gasteiger partial charge on any atom is -0.464 e. The molecule has 0 unspecified atom stereocenters. The van der Waals surface area contributed by atoms with Gasteiger partial charge in [-0.25, -0.2) is 9.78 Å². The number of carbonyl (C=O) groups excluding carboxylic acids is 1. The maximum Gasteiger partial charge on any atom is 0.358 e. The van der Waals surface area contributed by atoms with E-state index in [0.717, 1.165) is 5.69 Å². The van der Waals surface area contributed by atoms with E-state index in [9.17, 15) is 4.79 Å². The topological polar surface area (TPSA) is 39.2 Å². The maximum absolute atomic E-state index is 11.4. The second kappa shape index (κ2) is 5.00. The summed E-state index contributed by atoms with van der Waals surface area (Å²) in [4.78, 5) is 15.6. The molecule has 1 heterocycles. The first-order valence-corrected chi connectivity index (χ1v) is 5.14. The SMILES string of the molecule is C#Cc1cc(C(C)C)nc(C(=O)OC)c1Cl. The molecule has 3 nitrogen and oxygen atoms in total. The molecule has 1 aromatic rings. The van der Waals surface area contributed by atoms with Crippen LogP contribution in [-0.4, -0.2) is 18.1 Å². The van der Waals surface area contributed by atoms with Crippen molar-refractivity contribution in [3.05, 3.63) is 28.0 Å². The highest BCUT2D eigenvalue weighted by atomic mass is 35.5. The van der Waals surface area contributed by atoms with Crippen LogP contribution in [0.5, 0.6) is 0 Å². The van der Waals surface area contributed by atoms with Gasteiger partial charge in [-0.05, 0) is 12.0 Å². The summed E-state index contributed by atoms with van der Waals surface area (Å²) in [6.07, 6.45) is 5.32. The summed E-state index contributed by atoms with van der Waals surface area (Å²) in [7, 11) is 1.28. The van der Waals surface area contributed by atoms with Crippen LogP contribution in [0.15, 0.2) is 6.07 Å². The molecule has 4 heteroatoms. The third-order valence-corrected chi connectivity index (χ3v) is 2.49. The van der Waals surface area contributed by atoms with Gasteiger partial charge in [-0.3, -0.25) is 0 Å². The zero-order chi connectivity index (χ0) is 12.3. The number of methoxy groups -OCH3 is 1. The van der Waals surface area contributed by atoms with E-state index in [0.29, 0.717) is 5.56 Å². The van der Waals surface area contributed by atoms with Gasteiger partial charge < -0.3 is 4.74 Å². The third kappa shape index (κ3) is 2.34. The Hall–Kier alpha value is -1.53. The molecule has 0 radical (unpaired) electrons. The fraction of sp³-hybridized carbons (Fsp3) is 0.333. The lowest BCUT2D eigenvalue weighted by Gasteiger charge is -2.09. The first-order valence-electron chi connectivity index (χ1n) is 4.76. The number of terminal acetylenes is 1. The number of pyridine rings is 1. The Morgan fingerprint density at radius 2 is 2.25 bits per heavy atom. The highest BCUT2D eigenvalue weighted by Gasteiger charge is 2.18. The lowest BCUT2D eigenvalue weighted by atomic mass is 10.1. The molecule has 0 amide bonds. The molecule has 0 aliphatic rings. The summed E-state index contributed by atoms with van der Waals surface area (Å²) in [6, 6.07) is 1.71. The van der Waals surface area contributed by atoms with Crippen molar-refractivity contribution in [2.75, 3.05) is 7.11 Å². The summed E-state index contributed by atoms with van der Waals surface area (Å²) in [6.45, 7) is 3.91. The van der Waals surface area contributed by atoms with Gasteiger partial charge in [0.2, 0.25) is 0 Å². The van der Waals surface area contributed by atoms with Gasteiger partial charge in [0.15, 0.2) is 5.69 Å². The highest BCUT2D eigenvalue weighted by molar-refractivity contribution is 6.34. The number of hydrogen-bond donors (Lipinski definition) is 0. The smallest absolute Gasteiger partial charge is 0.358 e. The van der Waals surface area contributed by atoms with Crippen molar-refractivity contribution in [2.45, 2.75) is 19.8 Å². The first kappa shape index (κ1) is 12.5. The number of rotatable bonds is 2. The van der Waals surface area contributed by atoms with Gasteiger partial charge in [0.05, 0.1) is 12.1 Å². The summed E-state index contributed by atoms with van der Waals surface area (Å²) in [5.41, 5.74) is 1.25. The predicted molar refractivity (Wildman–Crippen MR) is 62.6 cm³/mol. The monoisotopic (exact) mass is 237 g/mol. The standard InChI is InChI=1S/C12H12ClNO2/c1-5-8-6-9(7(2)3)14-11(10(8)13)12(15)16-4/h1,6-7H,2-4H3. The Bertz CT molecular complexity index is 461. The van der Waals surface area contributed by atoms with Crippen molar-refractivity contribution >= 4 is 17.6 Å². The van der Waals surface area contributed by atoms with Gasteiger partial charge in [-0.2, -0.15) is 0 Å². The Labute approximate surface area is 99.8 Å². The third-order valence-electron chi connectivity index (χ3n) is 2.10. The van der Waals surface area contributed by atoms with Crippen molar-refractivity contribution < 1.29 is 9.53 Å². The van der Waals surface area contributed by atoms with E-state index in [4.69, 9.17) is 18.0 Å². The first-order chi connectivity index (χ1) is 7.51. The Kier molecular flexibility index (Phi) is 3.92. The zero-order valence-corrected chi connectivity index (χ0v) is 10.1. The van der Waals surface area contributed by atoms with E-state index in [1.54, 1.807) is 6.07 Å². The second-order valence-corrected chi connectivity index (χ2v) is 3.93. The van der Waals surface area contributed by atoms with Crippen LogP contribution in [0.4, 0.5) is 0 Å². The van der Waals surface area contributed by atoms with Crippen LogP contribution in [0.25, 0.3) is 0 Å². The molecule has 0 aromatic carbocycles. The van der Waals surface area contributed by atoms with Gasteiger partial charge >= 0.3 is 5.97 Å². The number of halogens is 1. The number of nitrogens with zero attached hydrogens (tertiary/aromatic N) is 1. The minimum absolute atomic E-state index is 0.0725. The summed E-state index contributed by atoms with van der Waals surface area (Å²) in [5.74, 6) is 2.01. The molecular weight excluding hydrogens is 226 g/mol. The molecule has 0 saturated heterocycles. The lowest BCUT2D eigenvalue weighted by Crippen LogP contribution is -2.09. The van der Waals surface area contributed by atoms with E-state index in [1.165, 1.54) is 7.11 Å². The largest absolute Gasteiger partial charge is 0.464 e. The van der Waals surface area contributed by atoms with Gasteiger partial charge in [0, 0.05) is 11.3 Å². The van der Waals surface area contributed by atoms with E-state index < -0.39 is 5.97 Å². The van der Waals surface area contributed by atoms with Gasteiger partial charge in [-0.1, -0.05) is 31.4 Å². The Balaban J connectivity index is 3.43. The molecule has 0 aliphatic heterocycles. The van der Waals surface area contributed by atoms with Gasteiger partial charge in [0.1, 0.15) is 0 Å². The van der Waals surface area contributed by atoms with Crippen molar-refractivity contribution in [2.24, 2.45) is 0 Å². The Morgan fingerprint density at radius 1 is 1.62 bits per heavy atom. The molecule has 0 atom stereocenters. The van der Waals surface area contributed by atoms with Gasteiger partial charge in [0.25, 0.3) is 0 Å². The molecule has 84 valence electrons. The van der Waals surface area contributed by atoms with Crippen molar-refractivity contribution in [3.63, 3.8) is 0 Å². The van der Waals surface area contributed by atoms with Crippen LogP contribution in [0, 0.1) is 12.3 Å². The summed E-state index contributed by atoms with van der Waals surface area (Å²) in [5, 5.41) is 0.166. The summed E-state index contributed by atoms with van der Waals surface area (Å²) < 4.78 is 4.60. The van der Waals surface area contributed by atoms with E-state index in [-0.39, 0.29) is 16.6 Å². The lowest BCUT2D eigenvalue weighted by molar-refractivity contribution is 0.0594. The number of ether oxygens (including phenoxy) is 1. The molecule has 0 bridgehead atoms. The molecule has 0 fully saturated rings. The zero-order valence-electron chi connectivity index (χ0n) is 9.37. The minimum atomic E-state index is -0.580. The molecule has 0 spiro atoms. The fourth-order valence-corrected chi connectivity index (χ4v) is 1.41. The van der Waals surface area contributed by atoms with Crippen LogP contribution in [0.3, 0.4) is 0 Å². The number of esters is 1. The average Bonchev–Trinajstić information content (AvgIpc) is 2.28. The van der Waals surface area contributed by atoms with Crippen molar-refractivity contribution in [1.29, 1.82) is 0 Å². The highest BCUT2D eigenvalue weighted by Crippen LogP contribution is 2.24. The Morgan fingerprint density at radius 3 is 2.69 bits per heavy atom. The van der Waals surface area contributed by atoms with Crippen LogP contribution < -0.4 is 0 Å². The normalized spacial score (nSPS) is 10.0. The van der Waals surface area contributed by atoms with Crippen LogP contribution in [-0.2, 0) is 4.74 Å². The van der Waals surface area contributed by atoms with Crippen LogP contribution >= 0.6 is 11.6 Å². The predicted octanol–water partition coefficient (Wildman–Crippen LogP) is 2.63. The van der Waals surface area contributed by atoms with Crippen molar-refractivity contribution in [1.82, 2.24) is 4.98 Å². The second-order valence-electron chi connectivity index (χ2n) is 3.55. The van der Waals surface area contributed by atoms with E-state index >= 15 is 0 Å². The molecule has 0 aliphatic carbocycles. The van der Waals surface area contributed by atoms with Crippen molar-refractivity contribution in [3.8, 4) is 12.3 Å². The van der Waals surface area contributed by atoms with Crippen LogP contribution in [0.2, 0.25) is 5.02 Å². The summed E-state index contributed by atoms with van der Waals surface area (Å²) >= 11 is 5.95. The molecule has 0 N–H and O–H groups in total.